The van der Waals surface area contributed by atoms with Gasteiger partial charge < -0.3 is 14.5 Å². The fraction of sp³-hybridized carbons (Fsp3) is 0.0909. The van der Waals surface area contributed by atoms with Gasteiger partial charge in [-0.05, 0) is 48.0 Å². The second kappa shape index (κ2) is 7.90. The standard InChI is InChI=1S/C22H15F3N2O3/c23-22(24,25)30-17-10-8-16(9-11-17)29-13-14-4-3-5-15(12-14)20-26-19-7-2-1-6-18(19)21(28)27-20/h1-12H,13H2,(H,26,27,28). The van der Waals surface area contributed by atoms with Crippen LogP contribution in [0.5, 0.6) is 11.5 Å². The molecule has 0 aliphatic rings. The maximum absolute atomic E-state index is 12.3. The summed E-state index contributed by atoms with van der Waals surface area (Å²) < 4.78 is 46.1. The number of halogens is 3. The van der Waals surface area contributed by atoms with E-state index in [4.69, 9.17) is 4.74 Å². The number of ether oxygens (including phenoxy) is 2. The van der Waals surface area contributed by atoms with Crippen molar-refractivity contribution < 1.29 is 22.6 Å². The Labute approximate surface area is 168 Å². The topological polar surface area (TPSA) is 64.2 Å². The van der Waals surface area contributed by atoms with Gasteiger partial charge in [0.05, 0.1) is 10.9 Å². The molecule has 0 amide bonds. The van der Waals surface area contributed by atoms with E-state index in [1.807, 2.05) is 30.3 Å². The molecule has 0 atom stereocenters. The molecule has 0 unspecified atom stereocenters. The molecule has 0 aliphatic heterocycles. The van der Waals surface area contributed by atoms with Gasteiger partial charge in [0.2, 0.25) is 0 Å². The minimum absolute atomic E-state index is 0.186. The van der Waals surface area contributed by atoms with Crippen LogP contribution in [-0.4, -0.2) is 16.3 Å². The van der Waals surface area contributed by atoms with E-state index < -0.39 is 6.36 Å². The van der Waals surface area contributed by atoms with Crippen LogP contribution in [0, 0.1) is 0 Å². The molecule has 0 fully saturated rings. The number of H-pyrrole nitrogens is 1. The van der Waals surface area contributed by atoms with Gasteiger partial charge in [0.15, 0.2) is 0 Å². The lowest BCUT2D eigenvalue weighted by Crippen LogP contribution is -2.16. The highest BCUT2D eigenvalue weighted by Crippen LogP contribution is 2.25. The van der Waals surface area contributed by atoms with Gasteiger partial charge in [-0.1, -0.05) is 30.3 Å². The maximum atomic E-state index is 12.3. The second-order valence-electron chi connectivity index (χ2n) is 6.44. The van der Waals surface area contributed by atoms with Crippen molar-refractivity contribution >= 4 is 10.9 Å². The molecular formula is C22H15F3N2O3. The summed E-state index contributed by atoms with van der Waals surface area (Å²) in [4.78, 5) is 19.6. The summed E-state index contributed by atoms with van der Waals surface area (Å²) in [5, 5.41) is 0.513. The molecule has 5 nitrogen and oxygen atoms in total. The Bertz CT molecular complexity index is 1230. The Kier molecular flexibility index (Phi) is 5.14. The highest BCUT2D eigenvalue weighted by molar-refractivity contribution is 5.79. The quantitative estimate of drug-likeness (QED) is 0.497. The normalized spacial score (nSPS) is 11.4. The average molecular weight is 412 g/mol. The zero-order valence-electron chi connectivity index (χ0n) is 15.4. The van der Waals surface area contributed by atoms with E-state index in [-0.39, 0.29) is 17.9 Å². The van der Waals surface area contributed by atoms with Crippen molar-refractivity contribution in [3.63, 3.8) is 0 Å². The van der Waals surface area contributed by atoms with Crippen molar-refractivity contribution in [2.24, 2.45) is 0 Å². The molecule has 1 heterocycles. The van der Waals surface area contributed by atoms with Crippen LogP contribution in [0.1, 0.15) is 5.56 Å². The first-order valence-corrected chi connectivity index (χ1v) is 8.94. The SMILES string of the molecule is O=c1[nH]c(-c2cccc(COc3ccc(OC(F)(F)F)cc3)c2)nc2ccccc12. The van der Waals surface area contributed by atoms with Crippen molar-refractivity contribution in [2.75, 3.05) is 0 Å². The lowest BCUT2D eigenvalue weighted by atomic mass is 10.1. The summed E-state index contributed by atoms with van der Waals surface area (Å²) in [5.74, 6) is 0.518. The van der Waals surface area contributed by atoms with Crippen molar-refractivity contribution in [1.29, 1.82) is 0 Å². The number of fused-ring (bicyclic) bond motifs is 1. The van der Waals surface area contributed by atoms with E-state index in [0.717, 1.165) is 5.56 Å². The zero-order chi connectivity index (χ0) is 21.1. The zero-order valence-corrected chi connectivity index (χ0v) is 15.4. The third-order valence-corrected chi connectivity index (χ3v) is 4.28. The summed E-state index contributed by atoms with van der Waals surface area (Å²) in [6.45, 7) is 0.186. The fourth-order valence-electron chi connectivity index (χ4n) is 2.94. The Hall–Kier alpha value is -3.81. The Balaban J connectivity index is 1.50. The first-order valence-electron chi connectivity index (χ1n) is 8.94. The highest BCUT2D eigenvalue weighted by atomic mass is 19.4. The first kappa shape index (κ1) is 19.5. The molecule has 4 rings (SSSR count). The van der Waals surface area contributed by atoms with Crippen LogP contribution < -0.4 is 15.0 Å². The molecule has 0 aliphatic carbocycles. The van der Waals surface area contributed by atoms with E-state index in [9.17, 15) is 18.0 Å². The molecule has 0 radical (unpaired) electrons. The minimum atomic E-state index is -4.74. The molecule has 0 spiro atoms. The maximum Gasteiger partial charge on any atom is 0.573 e. The van der Waals surface area contributed by atoms with Crippen molar-refractivity contribution in [1.82, 2.24) is 9.97 Å². The minimum Gasteiger partial charge on any atom is -0.489 e. The number of aromatic nitrogens is 2. The van der Waals surface area contributed by atoms with E-state index in [2.05, 4.69) is 14.7 Å². The number of aromatic amines is 1. The number of alkyl halides is 3. The van der Waals surface area contributed by atoms with E-state index in [1.54, 1.807) is 18.2 Å². The number of hydrogen-bond donors (Lipinski definition) is 1. The number of nitrogens with zero attached hydrogens (tertiary/aromatic N) is 1. The summed E-state index contributed by atoms with van der Waals surface area (Å²) in [6, 6.07) is 19.5. The van der Waals surface area contributed by atoms with Gasteiger partial charge in [-0.25, -0.2) is 4.98 Å². The largest absolute Gasteiger partial charge is 0.573 e. The summed E-state index contributed by atoms with van der Waals surface area (Å²) in [5.41, 5.74) is 1.89. The molecule has 8 heteroatoms. The highest BCUT2D eigenvalue weighted by Gasteiger charge is 2.30. The van der Waals surface area contributed by atoms with E-state index >= 15 is 0 Å². The van der Waals surface area contributed by atoms with Crippen molar-refractivity contribution in [2.45, 2.75) is 13.0 Å². The van der Waals surface area contributed by atoms with Crippen molar-refractivity contribution in [3.8, 4) is 22.9 Å². The average Bonchev–Trinajstić information content (AvgIpc) is 2.72. The van der Waals surface area contributed by atoms with Crippen LogP contribution >= 0.6 is 0 Å². The molecule has 1 N–H and O–H groups in total. The monoisotopic (exact) mass is 412 g/mol. The lowest BCUT2D eigenvalue weighted by molar-refractivity contribution is -0.274. The first-order chi connectivity index (χ1) is 14.4. The van der Waals surface area contributed by atoms with E-state index in [0.29, 0.717) is 28.0 Å². The molecule has 0 saturated carbocycles. The summed E-state index contributed by atoms with van der Waals surface area (Å²) >= 11 is 0. The Morgan fingerprint density at radius 2 is 1.63 bits per heavy atom. The Morgan fingerprint density at radius 3 is 2.40 bits per heavy atom. The van der Waals surface area contributed by atoms with Gasteiger partial charge >= 0.3 is 6.36 Å². The summed E-state index contributed by atoms with van der Waals surface area (Å²) in [6.07, 6.45) is -4.74. The van der Waals surface area contributed by atoms with Gasteiger partial charge in [-0.3, -0.25) is 4.79 Å². The molecule has 0 saturated heterocycles. The van der Waals surface area contributed by atoms with Crippen LogP contribution in [-0.2, 0) is 6.61 Å². The molecule has 3 aromatic carbocycles. The number of nitrogens with one attached hydrogen (secondary N) is 1. The van der Waals surface area contributed by atoms with Gasteiger partial charge in [0.25, 0.3) is 5.56 Å². The predicted octanol–water partition coefficient (Wildman–Crippen LogP) is 5.07. The van der Waals surface area contributed by atoms with Crippen LogP contribution in [0.15, 0.2) is 77.6 Å². The Morgan fingerprint density at radius 1 is 0.900 bits per heavy atom. The predicted molar refractivity (Wildman–Crippen MR) is 105 cm³/mol. The van der Waals surface area contributed by atoms with Crippen LogP contribution in [0.25, 0.3) is 22.3 Å². The van der Waals surface area contributed by atoms with Crippen molar-refractivity contribution in [3.05, 3.63) is 88.7 Å². The molecule has 0 bridgehead atoms. The number of rotatable bonds is 5. The number of para-hydroxylation sites is 1. The van der Waals surface area contributed by atoms with Gasteiger partial charge in [0.1, 0.15) is 23.9 Å². The molecule has 30 heavy (non-hydrogen) atoms. The van der Waals surface area contributed by atoms with Gasteiger partial charge in [0, 0.05) is 5.56 Å². The molecule has 4 aromatic rings. The molecule has 1 aromatic heterocycles. The fourth-order valence-corrected chi connectivity index (χ4v) is 2.94. The smallest absolute Gasteiger partial charge is 0.489 e. The third-order valence-electron chi connectivity index (χ3n) is 4.28. The van der Waals surface area contributed by atoms with Gasteiger partial charge in [-0.2, -0.15) is 0 Å². The van der Waals surface area contributed by atoms with Gasteiger partial charge in [-0.15, -0.1) is 13.2 Å². The van der Waals surface area contributed by atoms with Crippen LogP contribution in [0.3, 0.4) is 0 Å². The molecule has 152 valence electrons. The molecular weight excluding hydrogens is 397 g/mol. The van der Waals surface area contributed by atoms with Crippen LogP contribution in [0.2, 0.25) is 0 Å². The number of benzene rings is 3. The third kappa shape index (κ3) is 4.60. The van der Waals surface area contributed by atoms with Crippen LogP contribution in [0.4, 0.5) is 13.2 Å². The lowest BCUT2D eigenvalue weighted by Gasteiger charge is -2.11. The second-order valence-corrected chi connectivity index (χ2v) is 6.44. The van der Waals surface area contributed by atoms with E-state index in [1.165, 1.54) is 24.3 Å². The summed E-state index contributed by atoms with van der Waals surface area (Å²) in [7, 11) is 0. The number of hydrogen-bond acceptors (Lipinski definition) is 4.